The second-order valence-corrected chi connectivity index (χ2v) is 10.4. The second-order valence-electron chi connectivity index (χ2n) is 10.4. The van der Waals surface area contributed by atoms with Gasteiger partial charge in [-0.25, -0.2) is 9.18 Å². The maximum Gasteiger partial charge on any atom is 0.410 e. The largest absolute Gasteiger partial charge is 0.444 e. The molecular weight excluding hydrogens is 443 g/mol. The first-order valence-corrected chi connectivity index (χ1v) is 12.6. The van der Waals surface area contributed by atoms with Crippen LogP contribution in [0.4, 0.5) is 9.18 Å². The van der Waals surface area contributed by atoms with Crippen LogP contribution >= 0.6 is 0 Å². The minimum atomic E-state index is -1.55. The van der Waals surface area contributed by atoms with Crippen LogP contribution in [0.1, 0.15) is 51.4 Å². The third-order valence-electron chi connectivity index (χ3n) is 8.28. The van der Waals surface area contributed by atoms with Crippen molar-refractivity contribution in [3.05, 3.63) is 0 Å². The lowest BCUT2D eigenvalue weighted by Crippen LogP contribution is -2.51. The number of halogens is 1. The number of carbonyl (C=O) groups excluding carboxylic acids is 2. The number of β-amino-alcohol motifs (C(OH)–C–C–N with tert-alkyl or cyclic N) is 1. The van der Waals surface area contributed by atoms with E-state index in [1.165, 1.54) is 0 Å². The molecule has 2 saturated heterocycles. The van der Waals surface area contributed by atoms with Gasteiger partial charge in [0.15, 0.2) is 6.17 Å². The number of aliphatic hydroxyl groups excluding tert-OH is 1. The van der Waals surface area contributed by atoms with Crippen molar-refractivity contribution in [1.29, 1.82) is 5.26 Å². The fourth-order valence-electron chi connectivity index (χ4n) is 6.15. The first kappa shape index (κ1) is 25.1. The lowest BCUT2D eigenvalue weighted by molar-refractivity contribution is -0.136. The average molecular weight is 481 g/mol. The van der Waals surface area contributed by atoms with Gasteiger partial charge in [-0.15, -0.1) is 0 Å². The van der Waals surface area contributed by atoms with E-state index in [1.807, 2.05) is 7.05 Å². The molecular formula is C24H37FN4O5. The number of amides is 2. The van der Waals surface area contributed by atoms with Crippen LogP contribution in [0.2, 0.25) is 0 Å². The molecule has 2 aliphatic carbocycles. The van der Waals surface area contributed by atoms with E-state index in [0.717, 1.165) is 44.9 Å². The maximum absolute atomic E-state index is 13.7. The number of alkyl halides is 1. The number of carbonyl (C=O) groups is 2. The molecule has 2 heterocycles. The summed E-state index contributed by atoms with van der Waals surface area (Å²) in [5, 5.41) is 24.8. The molecule has 4 aliphatic rings. The van der Waals surface area contributed by atoms with Crippen LogP contribution in [0.5, 0.6) is 0 Å². The number of fused-ring (bicyclic) bond motifs is 1. The molecule has 4 fully saturated rings. The molecule has 2 amide bonds. The van der Waals surface area contributed by atoms with Gasteiger partial charge in [-0.2, -0.15) is 5.26 Å². The van der Waals surface area contributed by atoms with Crippen molar-refractivity contribution in [3.8, 4) is 6.07 Å². The van der Waals surface area contributed by atoms with E-state index in [0.29, 0.717) is 24.2 Å². The predicted molar refractivity (Wildman–Crippen MR) is 120 cm³/mol. The van der Waals surface area contributed by atoms with Gasteiger partial charge in [0.1, 0.15) is 18.2 Å². The smallest absolute Gasteiger partial charge is 0.410 e. The van der Waals surface area contributed by atoms with Crippen LogP contribution in [0.25, 0.3) is 0 Å². The first-order chi connectivity index (χ1) is 16.4. The molecule has 9 nitrogen and oxygen atoms in total. The lowest BCUT2D eigenvalue weighted by atomic mass is 9.68. The third kappa shape index (κ3) is 5.81. The summed E-state index contributed by atoms with van der Waals surface area (Å²) in [7, 11) is 1.83. The van der Waals surface area contributed by atoms with Crippen LogP contribution in [0, 0.1) is 29.1 Å². The highest BCUT2D eigenvalue weighted by atomic mass is 19.1. The zero-order valence-corrected chi connectivity index (χ0v) is 19.8. The summed E-state index contributed by atoms with van der Waals surface area (Å²) in [5.41, 5.74) is 0. The minimum Gasteiger partial charge on any atom is -0.444 e. The van der Waals surface area contributed by atoms with Crippen LogP contribution in [0.15, 0.2) is 0 Å². The topological polar surface area (TPSA) is 124 Å². The van der Waals surface area contributed by atoms with Gasteiger partial charge in [0, 0.05) is 20.1 Å². The van der Waals surface area contributed by atoms with Gasteiger partial charge in [-0.1, -0.05) is 12.8 Å². The summed E-state index contributed by atoms with van der Waals surface area (Å²) in [6.45, 7) is -0.129. The summed E-state index contributed by atoms with van der Waals surface area (Å²) < 4.78 is 24.5. The SMILES string of the molecule is CN1C(=O)OC2CCC(C3CCC(CC(C#N)NC(=O)C4CNCC(O)C(F)CO4)CC3)CC21. The van der Waals surface area contributed by atoms with Gasteiger partial charge < -0.3 is 30.1 Å². The molecule has 3 N–H and O–H groups in total. The Bertz CT molecular complexity index is 771. The molecule has 4 rings (SSSR count). The number of likely N-dealkylation sites (N-methyl/N-ethyl adjacent to an activating group) is 1. The number of aliphatic hydroxyl groups is 1. The summed E-state index contributed by atoms with van der Waals surface area (Å²) in [6.07, 6.45) is 4.14. The second kappa shape index (κ2) is 11.2. The summed E-state index contributed by atoms with van der Waals surface area (Å²) in [5.74, 6) is 1.19. The fraction of sp³-hybridized carbons (Fsp3) is 0.875. The number of hydrogen-bond acceptors (Lipinski definition) is 7. The number of nitriles is 1. The van der Waals surface area contributed by atoms with Crippen molar-refractivity contribution < 1.29 is 28.6 Å². The van der Waals surface area contributed by atoms with Gasteiger partial charge in [-0.05, 0) is 56.3 Å². The van der Waals surface area contributed by atoms with Crippen molar-refractivity contribution >= 4 is 12.0 Å². The van der Waals surface area contributed by atoms with E-state index in [9.17, 15) is 24.3 Å². The van der Waals surface area contributed by atoms with Gasteiger partial charge in [0.25, 0.3) is 5.91 Å². The fourth-order valence-corrected chi connectivity index (χ4v) is 6.15. The molecule has 0 bridgehead atoms. The van der Waals surface area contributed by atoms with Crippen LogP contribution < -0.4 is 10.6 Å². The Morgan fingerprint density at radius 3 is 2.74 bits per heavy atom. The third-order valence-corrected chi connectivity index (χ3v) is 8.28. The summed E-state index contributed by atoms with van der Waals surface area (Å²) in [6, 6.07) is 1.79. The van der Waals surface area contributed by atoms with Crippen molar-refractivity contribution in [1.82, 2.24) is 15.5 Å². The maximum atomic E-state index is 13.7. The first-order valence-electron chi connectivity index (χ1n) is 12.6. The number of hydrogen-bond donors (Lipinski definition) is 3. The van der Waals surface area contributed by atoms with E-state index in [4.69, 9.17) is 9.47 Å². The predicted octanol–water partition coefficient (Wildman–Crippen LogP) is 1.50. The molecule has 7 atom stereocenters. The monoisotopic (exact) mass is 480 g/mol. The number of ether oxygens (including phenoxy) is 2. The van der Waals surface area contributed by atoms with Gasteiger partial charge in [0.05, 0.1) is 24.8 Å². The van der Waals surface area contributed by atoms with Crippen molar-refractivity contribution in [2.75, 3.05) is 26.7 Å². The average Bonchev–Trinajstić information content (AvgIpc) is 3.12. The molecule has 10 heteroatoms. The molecule has 7 unspecified atom stereocenters. The summed E-state index contributed by atoms with van der Waals surface area (Å²) in [4.78, 5) is 26.2. The molecule has 2 aliphatic heterocycles. The highest BCUT2D eigenvalue weighted by Crippen LogP contribution is 2.43. The van der Waals surface area contributed by atoms with Gasteiger partial charge in [-0.3, -0.25) is 4.79 Å². The van der Waals surface area contributed by atoms with Crippen LogP contribution in [-0.4, -0.2) is 85.3 Å². The molecule has 0 spiro atoms. The molecule has 2 saturated carbocycles. The molecule has 0 aromatic heterocycles. The quantitative estimate of drug-likeness (QED) is 0.545. The standard InChI is InChI=1S/C24H37FN4O5/c1-29-19-9-16(6-7-21(19)34-24(29)32)15-4-2-14(3-5-15)8-17(10-26)28-23(31)22-12-27-11-20(30)18(25)13-33-22/h14-22,27,30H,2-9,11-13H2,1H3,(H,28,31). The normalized spacial score (nSPS) is 39.7. The van der Waals surface area contributed by atoms with Crippen molar-refractivity contribution in [2.45, 2.75) is 87.9 Å². The van der Waals surface area contributed by atoms with E-state index in [-0.39, 0.29) is 37.9 Å². The van der Waals surface area contributed by atoms with Crippen molar-refractivity contribution in [3.63, 3.8) is 0 Å². The Labute approximate surface area is 200 Å². The lowest BCUT2D eigenvalue weighted by Gasteiger charge is -2.39. The molecule has 190 valence electrons. The zero-order chi connectivity index (χ0) is 24.2. The minimum absolute atomic E-state index is 0.0444. The van der Waals surface area contributed by atoms with E-state index in [2.05, 4.69) is 16.7 Å². The molecule has 0 radical (unpaired) electrons. The Hall–Kier alpha value is -1.96. The highest BCUT2D eigenvalue weighted by Gasteiger charge is 2.45. The van der Waals surface area contributed by atoms with Gasteiger partial charge >= 0.3 is 6.09 Å². The number of nitrogens with zero attached hydrogens (tertiary/aromatic N) is 2. The van der Waals surface area contributed by atoms with Gasteiger partial charge in [0.2, 0.25) is 0 Å². The highest BCUT2D eigenvalue weighted by molar-refractivity contribution is 5.81. The summed E-state index contributed by atoms with van der Waals surface area (Å²) >= 11 is 0. The Balaban J connectivity index is 1.21. The Kier molecular flexibility index (Phi) is 8.27. The Morgan fingerprint density at radius 2 is 2.00 bits per heavy atom. The Morgan fingerprint density at radius 1 is 1.26 bits per heavy atom. The molecule has 0 aromatic carbocycles. The van der Waals surface area contributed by atoms with Crippen molar-refractivity contribution in [2.24, 2.45) is 17.8 Å². The number of rotatable bonds is 5. The van der Waals surface area contributed by atoms with Crippen LogP contribution in [0.3, 0.4) is 0 Å². The van der Waals surface area contributed by atoms with Crippen LogP contribution in [-0.2, 0) is 14.3 Å². The van der Waals surface area contributed by atoms with E-state index < -0.39 is 30.3 Å². The zero-order valence-electron chi connectivity index (χ0n) is 19.8. The van der Waals surface area contributed by atoms with E-state index in [1.54, 1.807) is 4.90 Å². The van der Waals surface area contributed by atoms with E-state index >= 15 is 0 Å². The molecule has 0 aromatic rings. The number of nitrogens with one attached hydrogen (secondary N) is 2. The molecule has 34 heavy (non-hydrogen) atoms.